The third-order valence-electron chi connectivity index (χ3n) is 5.87. The molecule has 0 saturated heterocycles. The average Bonchev–Trinajstić information content (AvgIpc) is 3.12. The molecular weight excluding hydrogens is 299 g/mol. The van der Waals surface area contributed by atoms with Gasteiger partial charge in [-0.1, -0.05) is 37.0 Å². The Hall–Kier alpha value is -1.33. The van der Waals surface area contributed by atoms with E-state index in [1.807, 2.05) is 0 Å². The van der Waals surface area contributed by atoms with E-state index in [0.29, 0.717) is 24.7 Å². The molecule has 0 heterocycles. The van der Waals surface area contributed by atoms with Crippen LogP contribution in [-0.2, 0) is 17.6 Å². The lowest BCUT2D eigenvalue weighted by Gasteiger charge is -2.26. The number of hydrogen-bond donors (Lipinski definition) is 3. The summed E-state index contributed by atoms with van der Waals surface area (Å²) in [5.41, 5.74) is 8.04. The van der Waals surface area contributed by atoms with Gasteiger partial charge in [-0.15, -0.1) is 0 Å². The van der Waals surface area contributed by atoms with Crippen LogP contribution in [0.2, 0.25) is 6.32 Å². The van der Waals surface area contributed by atoms with Crippen molar-refractivity contribution in [1.29, 1.82) is 0 Å². The fraction of sp³-hybridized carbons (Fsp3) is 0.632. The number of aliphatic carboxylic acids is 1. The van der Waals surface area contributed by atoms with Gasteiger partial charge >= 0.3 is 5.97 Å². The van der Waals surface area contributed by atoms with E-state index >= 15 is 0 Å². The lowest BCUT2D eigenvalue weighted by molar-refractivity contribution is -0.145. The predicted molar refractivity (Wildman–Crippen MR) is 96.2 cm³/mol. The minimum Gasteiger partial charge on any atom is -0.480 e. The van der Waals surface area contributed by atoms with Crippen LogP contribution in [0.25, 0.3) is 0 Å². The number of carboxylic acids is 1. The van der Waals surface area contributed by atoms with Crippen molar-refractivity contribution in [3.05, 3.63) is 35.4 Å². The van der Waals surface area contributed by atoms with Gasteiger partial charge in [0.1, 0.15) is 5.54 Å². The second kappa shape index (κ2) is 7.28. The number of fused-ring (bicyclic) bond motifs is 1. The molecule has 2 aliphatic rings. The summed E-state index contributed by atoms with van der Waals surface area (Å²) in [5, 5.41) is 13.2. The summed E-state index contributed by atoms with van der Waals surface area (Å²) < 4.78 is 0. The molecule has 0 aliphatic heterocycles. The zero-order valence-corrected chi connectivity index (χ0v) is 14.2. The summed E-state index contributed by atoms with van der Waals surface area (Å²) in [6, 6.07) is 9.05. The molecule has 24 heavy (non-hydrogen) atoms. The molecule has 0 amide bonds. The predicted octanol–water partition coefficient (Wildman–Crippen LogP) is 1.92. The van der Waals surface area contributed by atoms with E-state index in [-0.39, 0.29) is 5.92 Å². The molecule has 0 spiro atoms. The SMILES string of the molecule is [B]CCC[C@H]1C[C@H](CNC2Cc3ccccc3C2)C[C@@]1(N)C(=O)O. The summed E-state index contributed by atoms with van der Waals surface area (Å²) in [6.45, 7) is 0.851. The largest absolute Gasteiger partial charge is 0.480 e. The number of nitrogens with two attached hydrogens (primary N) is 1. The molecule has 0 aromatic heterocycles. The number of carboxylic acid groups (broad SMARTS) is 1. The number of benzene rings is 1. The quantitative estimate of drug-likeness (QED) is 0.669. The molecule has 5 heteroatoms. The monoisotopic (exact) mass is 326 g/mol. The van der Waals surface area contributed by atoms with Crippen LogP contribution in [0.15, 0.2) is 24.3 Å². The van der Waals surface area contributed by atoms with E-state index in [4.69, 9.17) is 13.6 Å². The standard InChI is InChI=1S/C19H27BN2O2/c20-7-3-6-16-8-13(11-19(16,21)18(23)24)12-22-17-9-14-4-1-2-5-15(14)10-17/h1-2,4-5,13,16-17,22H,3,6-12,21H2,(H,23,24)/t13-,16-,19-/m0/s1. The molecule has 2 radical (unpaired) electrons. The first-order valence-corrected chi connectivity index (χ1v) is 9.05. The van der Waals surface area contributed by atoms with E-state index in [9.17, 15) is 9.90 Å². The smallest absolute Gasteiger partial charge is 0.323 e. The van der Waals surface area contributed by atoms with E-state index in [1.165, 1.54) is 11.1 Å². The van der Waals surface area contributed by atoms with Crippen molar-refractivity contribution in [2.45, 2.75) is 56.4 Å². The highest BCUT2D eigenvalue weighted by Crippen LogP contribution is 2.41. The molecule has 1 saturated carbocycles. The Balaban J connectivity index is 1.54. The zero-order valence-electron chi connectivity index (χ0n) is 14.2. The van der Waals surface area contributed by atoms with Crippen molar-refractivity contribution in [2.24, 2.45) is 17.6 Å². The molecule has 3 atom stereocenters. The molecule has 4 nitrogen and oxygen atoms in total. The summed E-state index contributed by atoms with van der Waals surface area (Å²) >= 11 is 0. The van der Waals surface area contributed by atoms with Gasteiger partial charge in [-0.25, -0.2) is 0 Å². The highest BCUT2D eigenvalue weighted by molar-refractivity contribution is 6.08. The third kappa shape index (κ3) is 3.52. The van der Waals surface area contributed by atoms with E-state index in [2.05, 4.69) is 29.6 Å². The number of rotatable bonds is 7. The minimum absolute atomic E-state index is 0.0334. The molecule has 0 unspecified atom stereocenters. The Kier molecular flexibility index (Phi) is 5.31. The second-order valence-corrected chi connectivity index (χ2v) is 7.56. The Morgan fingerprint density at radius 2 is 2.00 bits per heavy atom. The molecule has 1 aromatic carbocycles. The van der Waals surface area contributed by atoms with Crippen molar-refractivity contribution in [3.8, 4) is 0 Å². The molecule has 1 fully saturated rings. The Bertz CT molecular complexity index is 569. The van der Waals surface area contributed by atoms with Crippen LogP contribution in [0.3, 0.4) is 0 Å². The van der Waals surface area contributed by atoms with Gasteiger partial charge in [0.2, 0.25) is 0 Å². The van der Waals surface area contributed by atoms with Crippen LogP contribution in [0.4, 0.5) is 0 Å². The fourth-order valence-corrected chi connectivity index (χ4v) is 4.53. The Labute approximate surface area is 145 Å². The van der Waals surface area contributed by atoms with Crippen molar-refractivity contribution in [1.82, 2.24) is 5.32 Å². The van der Waals surface area contributed by atoms with Gasteiger partial charge in [-0.2, -0.15) is 0 Å². The van der Waals surface area contributed by atoms with Gasteiger partial charge in [-0.3, -0.25) is 4.79 Å². The van der Waals surface area contributed by atoms with Crippen LogP contribution in [0, 0.1) is 11.8 Å². The first-order valence-electron chi connectivity index (χ1n) is 9.05. The van der Waals surface area contributed by atoms with Gasteiger partial charge in [0.25, 0.3) is 0 Å². The van der Waals surface area contributed by atoms with E-state index in [0.717, 1.165) is 38.6 Å². The average molecular weight is 326 g/mol. The maximum Gasteiger partial charge on any atom is 0.323 e. The zero-order chi connectivity index (χ0) is 17.2. The molecule has 3 rings (SSSR count). The maximum absolute atomic E-state index is 11.7. The number of carbonyl (C=O) groups is 1. The molecule has 4 N–H and O–H groups in total. The van der Waals surface area contributed by atoms with Crippen molar-refractivity contribution >= 4 is 13.8 Å². The lowest BCUT2D eigenvalue weighted by Crippen LogP contribution is -2.51. The summed E-state index contributed by atoms with van der Waals surface area (Å²) in [6.07, 6.45) is 5.81. The maximum atomic E-state index is 11.7. The summed E-state index contributed by atoms with van der Waals surface area (Å²) in [5.74, 6) is -0.496. The minimum atomic E-state index is -1.08. The van der Waals surface area contributed by atoms with Crippen LogP contribution in [0.5, 0.6) is 0 Å². The van der Waals surface area contributed by atoms with E-state index in [1.54, 1.807) is 0 Å². The normalized spacial score (nSPS) is 29.7. The topological polar surface area (TPSA) is 75.3 Å². The van der Waals surface area contributed by atoms with Gasteiger partial charge in [-0.05, 0) is 61.6 Å². The van der Waals surface area contributed by atoms with Crippen molar-refractivity contribution in [3.63, 3.8) is 0 Å². The molecular formula is C19H27BN2O2. The Morgan fingerprint density at radius 3 is 2.58 bits per heavy atom. The highest BCUT2D eigenvalue weighted by atomic mass is 16.4. The molecule has 0 bridgehead atoms. The second-order valence-electron chi connectivity index (χ2n) is 7.56. The van der Waals surface area contributed by atoms with Crippen molar-refractivity contribution < 1.29 is 9.90 Å². The van der Waals surface area contributed by atoms with Gasteiger partial charge in [0, 0.05) is 6.04 Å². The van der Waals surface area contributed by atoms with E-state index < -0.39 is 11.5 Å². The van der Waals surface area contributed by atoms with Gasteiger partial charge in [0.05, 0.1) is 7.85 Å². The third-order valence-corrected chi connectivity index (χ3v) is 5.87. The van der Waals surface area contributed by atoms with Crippen molar-refractivity contribution in [2.75, 3.05) is 6.54 Å². The van der Waals surface area contributed by atoms with Gasteiger partial charge in [0.15, 0.2) is 0 Å². The highest BCUT2D eigenvalue weighted by Gasteiger charge is 2.49. The lowest BCUT2D eigenvalue weighted by atomic mass is 9.83. The number of hydrogen-bond acceptors (Lipinski definition) is 3. The first kappa shape index (κ1) is 17.5. The Morgan fingerprint density at radius 1 is 1.33 bits per heavy atom. The van der Waals surface area contributed by atoms with Crippen LogP contribution in [-0.4, -0.2) is 37.0 Å². The molecule has 2 aliphatic carbocycles. The summed E-state index contributed by atoms with van der Waals surface area (Å²) in [4.78, 5) is 11.7. The molecule has 1 aromatic rings. The fourth-order valence-electron chi connectivity index (χ4n) is 4.53. The van der Waals surface area contributed by atoms with Gasteiger partial charge < -0.3 is 16.2 Å². The first-order chi connectivity index (χ1) is 11.5. The summed E-state index contributed by atoms with van der Waals surface area (Å²) in [7, 11) is 5.59. The van der Waals surface area contributed by atoms with Crippen LogP contribution in [0.1, 0.15) is 36.8 Å². The van der Waals surface area contributed by atoms with Crippen LogP contribution < -0.4 is 11.1 Å². The van der Waals surface area contributed by atoms with Crippen LogP contribution >= 0.6 is 0 Å². The molecule has 128 valence electrons. The number of nitrogens with one attached hydrogen (secondary N) is 1.